The van der Waals surface area contributed by atoms with Crippen molar-refractivity contribution in [3.8, 4) is 17.2 Å². The van der Waals surface area contributed by atoms with Crippen molar-refractivity contribution >= 4 is 17.8 Å². The largest absolute Gasteiger partial charge is 0.496 e. The molecule has 10 heteroatoms. The van der Waals surface area contributed by atoms with Gasteiger partial charge in [0.2, 0.25) is 11.8 Å². The summed E-state index contributed by atoms with van der Waals surface area (Å²) in [5.41, 5.74) is 0.286. The molecule has 1 spiro atoms. The monoisotopic (exact) mass is 607 g/mol. The maximum Gasteiger partial charge on any atom is 0.339 e. The van der Waals surface area contributed by atoms with Crippen LogP contribution in [0, 0.1) is 5.92 Å². The number of piperidine rings is 1. The van der Waals surface area contributed by atoms with Crippen LogP contribution in [0.3, 0.4) is 0 Å². The molecule has 2 atom stereocenters. The number of rotatable bonds is 11. The van der Waals surface area contributed by atoms with Crippen LogP contribution in [0.25, 0.3) is 0 Å². The molecule has 3 N–H and O–H groups in total. The first kappa shape index (κ1) is 31.8. The summed E-state index contributed by atoms with van der Waals surface area (Å²) in [5, 5.41) is 23.5. The fourth-order valence-electron chi connectivity index (χ4n) is 7.01. The second-order valence-electron chi connectivity index (χ2n) is 12.4. The second-order valence-corrected chi connectivity index (χ2v) is 12.4. The first-order valence-corrected chi connectivity index (χ1v) is 16.0. The number of carbonyl (C=O) groups is 3. The van der Waals surface area contributed by atoms with E-state index < -0.39 is 23.7 Å². The topological polar surface area (TPSA) is 129 Å². The van der Waals surface area contributed by atoms with E-state index in [1.807, 2.05) is 29.2 Å². The maximum absolute atomic E-state index is 13.8. The van der Waals surface area contributed by atoms with Gasteiger partial charge in [-0.2, -0.15) is 0 Å². The predicted octanol–water partition coefficient (Wildman–Crippen LogP) is 4.59. The third-order valence-electron chi connectivity index (χ3n) is 9.62. The van der Waals surface area contributed by atoms with E-state index in [0.717, 1.165) is 50.5 Å². The zero-order valence-corrected chi connectivity index (χ0v) is 25.8. The van der Waals surface area contributed by atoms with Gasteiger partial charge in [-0.1, -0.05) is 44.7 Å². The molecule has 5 rings (SSSR count). The van der Waals surface area contributed by atoms with E-state index in [1.54, 1.807) is 12.1 Å². The van der Waals surface area contributed by atoms with E-state index >= 15 is 0 Å². The second kappa shape index (κ2) is 14.0. The number of methoxy groups -OCH3 is 1. The lowest BCUT2D eigenvalue weighted by molar-refractivity contribution is -0.166. The Balaban J connectivity index is 1.21. The summed E-state index contributed by atoms with van der Waals surface area (Å²) in [5.74, 6) is 0.0554. The minimum Gasteiger partial charge on any atom is -0.496 e. The van der Waals surface area contributed by atoms with Gasteiger partial charge in [-0.05, 0) is 67.9 Å². The van der Waals surface area contributed by atoms with Gasteiger partial charge in [-0.3, -0.25) is 14.5 Å². The highest BCUT2D eigenvalue weighted by Crippen LogP contribution is 2.37. The van der Waals surface area contributed by atoms with Crippen molar-refractivity contribution in [1.29, 1.82) is 0 Å². The minimum absolute atomic E-state index is 0.0547. The smallest absolute Gasteiger partial charge is 0.339 e. The number of hydrogen-bond donors (Lipinski definition) is 3. The highest BCUT2D eigenvalue weighted by Gasteiger charge is 2.55. The third kappa shape index (κ3) is 6.71. The molecule has 0 bridgehead atoms. The predicted molar refractivity (Wildman–Crippen MR) is 165 cm³/mol. The van der Waals surface area contributed by atoms with Gasteiger partial charge in [-0.15, -0.1) is 0 Å². The Labute approximate surface area is 259 Å². The molecule has 0 aromatic heterocycles. The molecule has 3 aliphatic rings. The molecular weight excluding hydrogens is 562 g/mol. The Kier molecular flexibility index (Phi) is 10.1. The van der Waals surface area contributed by atoms with Gasteiger partial charge in [0.1, 0.15) is 34.4 Å². The van der Waals surface area contributed by atoms with Crippen LogP contribution in [0.4, 0.5) is 0 Å². The number of carboxylic acids is 1. The van der Waals surface area contributed by atoms with E-state index in [0.29, 0.717) is 50.5 Å². The Hall–Kier alpha value is -3.63. The van der Waals surface area contributed by atoms with Gasteiger partial charge in [-0.25, -0.2) is 4.79 Å². The molecule has 2 saturated heterocycles. The molecule has 2 aromatic carbocycles. The molecule has 3 fully saturated rings. The Morgan fingerprint density at radius 3 is 2.36 bits per heavy atom. The zero-order valence-electron chi connectivity index (χ0n) is 25.8. The van der Waals surface area contributed by atoms with Crippen molar-refractivity contribution in [2.45, 2.75) is 88.9 Å². The molecule has 238 valence electrons. The number of unbranched alkanes of at least 4 members (excludes halogenated alkanes) is 1. The summed E-state index contributed by atoms with van der Waals surface area (Å²) >= 11 is 0. The van der Waals surface area contributed by atoms with Crippen LogP contribution in [0.1, 0.15) is 80.6 Å². The van der Waals surface area contributed by atoms with E-state index in [4.69, 9.17) is 9.47 Å². The van der Waals surface area contributed by atoms with E-state index in [1.165, 1.54) is 13.2 Å². The number of likely N-dealkylation sites (tertiary alicyclic amines) is 1. The van der Waals surface area contributed by atoms with Gasteiger partial charge < -0.3 is 29.9 Å². The normalized spacial score (nSPS) is 21.6. The number of hydrogen-bond acceptors (Lipinski definition) is 7. The van der Waals surface area contributed by atoms with Crippen molar-refractivity contribution < 1.29 is 34.1 Å². The number of piperazine rings is 1. The first-order valence-electron chi connectivity index (χ1n) is 16.0. The van der Waals surface area contributed by atoms with Crippen molar-refractivity contribution in [1.82, 2.24) is 15.1 Å². The lowest BCUT2D eigenvalue weighted by Crippen LogP contribution is -2.75. The number of aliphatic hydroxyl groups excluding tert-OH is 1. The molecule has 2 aliphatic heterocycles. The molecule has 2 aromatic rings. The third-order valence-corrected chi connectivity index (χ3v) is 9.62. The van der Waals surface area contributed by atoms with E-state index in [2.05, 4.69) is 17.1 Å². The van der Waals surface area contributed by atoms with Crippen LogP contribution in [0.5, 0.6) is 17.2 Å². The highest BCUT2D eigenvalue weighted by atomic mass is 16.5. The van der Waals surface area contributed by atoms with Crippen molar-refractivity contribution in [2.24, 2.45) is 5.92 Å². The van der Waals surface area contributed by atoms with Crippen LogP contribution >= 0.6 is 0 Å². The number of aliphatic hydroxyl groups is 1. The lowest BCUT2D eigenvalue weighted by atomic mass is 9.78. The number of ether oxygens (including phenoxy) is 2. The van der Waals surface area contributed by atoms with Crippen LogP contribution in [-0.2, 0) is 16.1 Å². The van der Waals surface area contributed by atoms with Gasteiger partial charge in [0.05, 0.1) is 13.2 Å². The summed E-state index contributed by atoms with van der Waals surface area (Å²) < 4.78 is 11.1. The van der Waals surface area contributed by atoms with Crippen LogP contribution in [0.2, 0.25) is 0 Å². The fraction of sp³-hybridized carbons (Fsp3) is 0.559. The maximum atomic E-state index is 13.8. The number of nitrogens with one attached hydrogen (secondary N) is 1. The van der Waals surface area contributed by atoms with Gasteiger partial charge in [0, 0.05) is 32.2 Å². The molecule has 44 heavy (non-hydrogen) atoms. The lowest BCUT2D eigenvalue weighted by Gasteiger charge is -2.52. The molecule has 2 amide bonds. The molecule has 10 nitrogen and oxygen atoms in total. The molecular formula is C34H45N3O7. The Morgan fingerprint density at radius 2 is 1.73 bits per heavy atom. The molecule has 0 radical (unpaired) electrons. The van der Waals surface area contributed by atoms with Gasteiger partial charge >= 0.3 is 5.97 Å². The van der Waals surface area contributed by atoms with Crippen LogP contribution in [0.15, 0.2) is 42.5 Å². The standard InChI is InChI=1S/C34H45N3O7/c1-3-4-18-37-31(39)29(30(38)24-8-6-5-7-9-24)35-33(42)34(37)16-19-36(20-17-34)22-23-10-12-25(13-11-23)44-26-14-15-27(32(40)41)28(21-26)43-2/h10-15,21,24,29-30,38H,3-9,16-20,22H2,1-2H3,(H,35,42)(H,40,41)/t29-,30-/m1/s1. The summed E-state index contributed by atoms with van der Waals surface area (Å²) in [7, 11) is 1.42. The number of carbonyl (C=O) groups excluding carboxylic acids is 2. The molecule has 2 heterocycles. The fourth-order valence-corrected chi connectivity index (χ4v) is 7.01. The summed E-state index contributed by atoms with van der Waals surface area (Å²) in [4.78, 5) is 43.1. The van der Waals surface area contributed by atoms with E-state index in [9.17, 15) is 24.6 Å². The summed E-state index contributed by atoms with van der Waals surface area (Å²) in [6, 6.07) is 11.5. The summed E-state index contributed by atoms with van der Waals surface area (Å²) in [6.45, 7) is 4.66. The first-order chi connectivity index (χ1) is 21.3. The number of amides is 2. The number of nitrogens with zero attached hydrogens (tertiary/aromatic N) is 2. The van der Waals surface area contributed by atoms with Crippen molar-refractivity contribution in [3.05, 3.63) is 53.6 Å². The number of aromatic carboxylic acids is 1. The number of benzene rings is 2. The minimum atomic E-state index is -1.07. The zero-order chi connectivity index (χ0) is 31.3. The average Bonchev–Trinajstić information content (AvgIpc) is 3.04. The summed E-state index contributed by atoms with van der Waals surface area (Å²) in [6.07, 6.45) is 7.08. The quantitative estimate of drug-likeness (QED) is 0.339. The highest BCUT2D eigenvalue weighted by molar-refractivity contribution is 6.00. The molecule has 1 aliphatic carbocycles. The van der Waals surface area contributed by atoms with Crippen LogP contribution in [-0.4, -0.2) is 82.2 Å². The van der Waals surface area contributed by atoms with E-state index in [-0.39, 0.29) is 29.0 Å². The Bertz CT molecular complexity index is 1320. The van der Waals surface area contributed by atoms with Gasteiger partial charge in [0.25, 0.3) is 0 Å². The molecule has 0 unspecified atom stereocenters. The average molecular weight is 608 g/mol. The molecule has 1 saturated carbocycles. The van der Waals surface area contributed by atoms with Crippen molar-refractivity contribution in [3.63, 3.8) is 0 Å². The van der Waals surface area contributed by atoms with Crippen LogP contribution < -0.4 is 14.8 Å². The SMILES string of the molecule is CCCCN1C(=O)[C@@H]([C@H](O)C2CCCCC2)NC(=O)C12CCN(Cc1ccc(Oc3ccc(C(=O)O)c(OC)c3)cc1)CC2. The number of carboxylic acid groups (broad SMARTS) is 1. The van der Waals surface area contributed by atoms with Gasteiger partial charge in [0.15, 0.2) is 0 Å². The Morgan fingerprint density at radius 1 is 1.05 bits per heavy atom. The van der Waals surface area contributed by atoms with Crippen molar-refractivity contribution in [2.75, 3.05) is 26.7 Å².